The van der Waals surface area contributed by atoms with Gasteiger partial charge in [-0.2, -0.15) is 11.8 Å². The molecule has 3 rings (SSSR count). The molecule has 160 valence electrons. The topological polar surface area (TPSA) is 43.7 Å². The molecular weight excluding hydrogens is 378 g/mol. The molecule has 0 spiro atoms. The Morgan fingerprint density at radius 1 is 1.31 bits per heavy atom. The summed E-state index contributed by atoms with van der Waals surface area (Å²) in [7, 11) is 4.25. The molecule has 0 heterocycles. The number of aryl methyl sites for hydroxylation is 1. The molecule has 0 bridgehead atoms. The van der Waals surface area contributed by atoms with E-state index in [-0.39, 0.29) is 12.0 Å². The molecule has 0 aliphatic heterocycles. The Balaban J connectivity index is 1.47. The molecule has 4 heteroatoms. The minimum Gasteiger partial charge on any atom is -0.392 e. The van der Waals surface area contributed by atoms with Crippen molar-refractivity contribution in [2.75, 3.05) is 32.1 Å². The highest BCUT2D eigenvalue weighted by Crippen LogP contribution is 2.47. The van der Waals surface area contributed by atoms with Crippen LogP contribution in [0.2, 0.25) is 0 Å². The lowest BCUT2D eigenvalue weighted by molar-refractivity contribution is 0.140. The van der Waals surface area contributed by atoms with Crippen LogP contribution in [0.3, 0.4) is 0 Å². The Labute approximate surface area is 180 Å². The van der Waals surface area contributed by atoms with Crippen molar-refractivity contribution >= 4 is 11.8 Å². The van der Waals surface area contributed by atoms with Gasteiger partial charge >= 0.3 is 0 Å². The summed E-state index contributed by atoms with van der Waals surface area (Å²) in [5.74, 6) is 3.51. The maximum Gasteiger partial charge on any atom is 0.0761 e. The summed E-state index contributed by atoms with van der Waals surface area (Å²) in [5.41, 5.74) is 3.93. The number of thioether (sulfide) groups is 1. The van der Waals surface area contributed by atoms with Crippen LogP contribution in [0.1, 0.15) is 30.4 Å². The van der Waals surface area contributed by atoms with Crippen LogP contribution in [0.25, 0.3) is 0 Å². The van der Waals surface area contributed by atoms with Crippen LogP contribution in [-0.2, 0) is 6.42 Å². The van der Waals surface area contributed by atoms with E-state index in [4.69, 9.17) is 0 Å². The van der Waals surface area contributed by atoms with Gasteiger partial charge in [0.15, 0.2) is 0 Å². The van der Waals surface area contributed by atoms with Gasteiger partial charge < -0.3 is 15.1 Å². The van der Waals surface area contributed by atoms with Crippen molar-refractivity contribution in [3.05, 3.63) is 59.2 Å². The highest BCUT2D eigenvalue weighted by atomic mass is 32.2. The molecule has 5 atom stereocenters. The fraction of sp³-hybridized carbons (Fsp3) is 0.600. The molecule has 29 heavy (non-hydrogen) atoms. The van der Waals surface area contributed by atoms with Crippen LogP contribution in [-0.4, -0.2) is 59.5 Å². The van der Waals surface area contributed by atoms with E-state index in [1.165, 1.54) is 17.7 Å². The zero-order valence-corrected chi connectivity index (χ0v) is 18.9. The van der Waals surface area contributed by atoms with E-state index in [9.17, 15) is 10.2 Å². The molecule has 0 unspecified atom stereocenters. The number of rotatable bonds is 10. The Bertz CT molecular complexity index is 715. The van der Waals surface area contributed by atoms with Crippen molar-refractivity contribution in [3.8, 4) is 0 Å². The van der Waals surface area contributed by atoms with Crippen LogP contribution in [0.15, 0.2) is 48.1 Å². The van der Waals surface area contributed by atoms with E-state index in [0.29, 0.717) is 18.3 Å². The molecule has 0 aromatic heterocycles. The fourth-order valence-corrected chi connectivity index (χ4v) is 5.76. The SMILES string of the molecule is Cc1cccc(C[C@@H](O)C=C[C@@H]2[C@H]3CC(CSCCCN(C)C)=C[C@H]3C[C@H]2O)c1. The smallest absolute Gasteiger partial charge is 0.0761 e. The number of fused-ring (bicyclic) bond motifs is 1. The molecule has 0 radical (unpaired) electrons. The molecule has 1 fully saturated rings. The molecule has 1 aromatic rings. The normalized spacial score (nSPS) is 27.6. The van der Waals surface area contributed by atoms with Crippen molar-refractivity contribution in [1.29, 1.82) is 0 Å². The Morgan fingerprint density at radius 3 is 2.90 bits per heavy atom. The summed E-state index contributed by atoms with van der Waals surface area (Å²) >= 11 is 2.04. The van der Waals surface area contributed by atoms with E-state index in [2.05, 4.69) is 56.3 Å². The van der Waals surface area contributed by atoms with Gasteiger partial charge in [0.1, 0.15) is 0 Å². The van der Waals surface area contributed by atoms with E-state index in [1.54, 1.807) is 5.57 Å². The van der Waals surface area contributed by atoms with Crippen LogP contribution in [0.4, 0.5) is 0 Å². The third-order valence-corrected chi connectivity index (χ3v) is 7.37. The molecular formula is C25H37NO2S. The number of hydrogen-bond donors (Lipinski definition) is 2. The van der Waals surface area contributed by atoms with Gasteiger partial charge in [0, 0.05) is 18.1 Å². The molecule has 0 saturated heterocycles. The van der Waals surface area contributed by atoms with Crippen LogP contribution in [0.5, 0.6) is 0 Å². The van der Waals surface area contributed by atoms with Crippen LogP contribution < -0.4 is 0 Å². The first-order valence-corrected chi connectivity index (χ1v) is 12.1. The van der Waals surface area contributed by atoms with Gasteiger partial charge in [0.05, 0.1) is 12.2 Å². The maximum absolute atomic E-state index is 10.5. The molecule has 2 aliphatic carbocycles. The van der Waals surface area contributed by atoms with Crippen molar-refractivity contribution in [1.82, 2.24) is 4.90 Å². The fourth-order valence-electron chi connectivity index (χ4n) is 4.80. The summed E-state index contributed by atoms with van der Waals surface area (Å²) in [6.45, 7) is 3.23. The number of allylic oxidation sites excluding steroid dienone is 1. The van der Waals surface area contributed by atoms with Gasteiger partial charge in [0.2, 0.25) is 0 Å². The third kappa shape index (κ3) is 6.71. The zero-order chi connectivity index (χ0) is 20.8. The third-order valence-electron chi connectivity index (χ3n) is 6.21. The highest BCUT2D eigenvalue weighted by molar-refractivity contribution is 7.99. The van der Waals surface area contributed by atoms with Gasteiger partial charge in [-0.15, -0.1) is 0 Å². The van der Waals surface area contributed by atoms with Gasteiger partial charge in [-0.3, -0.25) is 0 Å². The lowest BCUT2D eigenvalue weighted by atomic mass is 9.89. The minimum absolute atomic E-state index is 0.166. The summed E-state index contributed by atoms with van der Waals surface area (Å²) in [6.07, 6.45) is 9.49. The molecule has 0 amide bonds. The Kier molecular flexibility index (Phi) is 8.43. The number of nitrogens with zero attached hydrogens (tertiary/aromatic N) is 1. The maximum atomic E-state index is 10.5. The highest BCUT2D eigenvalue weighted by Gasteiger charge is 2.43. The predicted octanol–water partition coefficient (Wildman–Crippen LogP) is 4.08. The second kappa shape index (κ2) is 10.8. The van der Waals surface area contributed by atoms with Gasteiger partial charge in [-0.1, -0.05) is 53.6 Å². The van der Waals surface area contributed by atoms with Crippen molar-refractivity contribution < 1.29 is 10.2 Å². The number of aliphatic hydroxyl groups excluding tert-OH is 2. The molecule has 2 aliphatic rings. The number of aliphatic hydroxyl groups is 2. The summed E-state index contributed by atoms with van der Waals surface area (Å²) in [6, 6.07) is 8.30. The van der Waals surface area contributed by atoms with Crippen LogP contribution >= 0.6 is 11.8 Å². The number of benzene rings is 1. The average molecular weight is 416 g/mol. The Morgan fingerprint density at radius 2 is 2.14 bits per heavy atom. The van der Waals surface area contributed by atoms with Gasteiger partial charge in [-0.25, -0.2) is 0 Å². The molecule has 2 N–H and O–H groups in total. The summed E-state index contributed by atoms with van der Waals surface area (Å²) in [5, 5.41) is 21.0. The minimum atomic E-state index is -0.496. The standard InChI is InChI=1S/C25H37NO2S/c1-18-6-4-7-19(12-18)14-22(27)8-9-23-24-15-20(13-21(24)16-25(23)28)17-29-11-5-10-26(2)3/h4,6-9,12-13,21-25,27-28H,5,10-11,14-17H2,1-3H3/t21-,22-,23+,24-,25+/m0/s1. The van der Waals surface area contributed by atoms with Crippen molar-refractivity contribution in [2.24, 2.45) is 17.8 Å². The van der Waals surface area contributed by atoms with E-state index in [1.807, 2.05) is 23.9 Å². The van der Waals surface area contributed by atoms with Crippen molar-refractivity contribution in [2.45, 2.75) is 44.8 Å². The lowest BCUT2D eigenvalue weighted by Gasteiger charge is -2.19. The van der Waals surface area contributed by atoms with Gasteiger partial charge in [-0.05, 0) is 70.0 Å². The first kappa shape index (κ1) is 22.6. The van der Waals surface area contributed by atoms with Crippen molar-refractivity contribution in [3.63, 3.8) is 0 Å². The molecule has 1 aromatic carbocycles. The van der Waals surface area contributed by atoms with E-state index < -0.39 is 6.10 Å². The van der Waals surface area contributed by atoms with Crippen LogP contribution in [0, 0.1) is 24.7 Å². The Hall–Kier alpha value is -1.07. The largest absolute Gasteiger partial charge is 0.392 e. The monoisotopic (exact) mass is 415 g/mol. The summed E-state index contributed by atoms with van der Waals surface area (Å²) < 4.78 is 0. The van der Waals surface area contributed by atoms with Gasteiger partial charge in [0.25, 0.3) is 0 Å². The quantitative estimate of drug-likeness (QED) is 0.446. The zero-order valence-electron chi connectivity index (χ0n) is 18.1. The average Bonchev–Trinajstić information content (AvgIpc) is 3.16. The molecule has 3 nitrogen and oxygen atoms in total. The van der Waals surface area contributed by atoms with E-state index in [0.717, 1.165) is 30.7 Å². The first-order chi connectivity index (χ1) is 13.9. The van der Waals surface area contributed by atoms with E-state index >= 15 is 0 Å². The lowest BCUT2D eigenvalue weighted by Crippen LogP contribution is -2.18. The number of hydrogen-bond acceptors (Lipinski definition) is 4. The second-order valence-corrected chi connectivity index (χ2v) is 10.2. The first-order valence-electron chi connectivity index (χ1n) is 10.9. The molecule has 1 saturated carbocycles. The second-order valence-electron chi connectivity index (χ2n) is 9.09. The summed E-state index contributed by atoms with van der Waals surface area (Å²) in [4.78, 5) is 2.24. The predicted molar refractivity (Wildman–Crippen MR) is 124 cm³/mol.